The number of likely N-dealkylation sites (N-methyl/N-ethyl adjacent to an activating group) is 1. The number of hydrogen-bond acceptors (Lipinski definition) is 6. The number of fused-ring (bicyclic) bond motifs is 1. The molecule has 3 rings (SSSR count). The van der Waals surface area contributed by atoms with Crippen LogP contribution in [0.5, 0.6) is 0 Å². The van der Waals surface area contributed by atoms with E-state index in [1.165, 1.54) is 10.8 Å². The summed E-state index contributed by atoms with van der Waals surface area (Å²) in [5, 5.41) is 6.51. The smallest absolute Gasteiger partial charge is 0.441 e. The lowest BCUT2D eigenvalue weighted by molar-refractivity contribution is -0.148. The van der Waals surface area contributed by atoms with E-state index < -0.39 is 23.6 Å². The number of carbonyl (C=O) groups excluding carboxylic acids is 3. The molecule has 0 aliphatic heterocycles. The molecule has 3 aromatic rings. The first-order valence-corrected chi connectivity index (χ1v) is 14.8. The van der Waals surface area contributed by atoms with Gasteiger partial charge in [-0.05, 0) is 82.6 Å². The number of halogens is 4. The van der Waals surface area contributed by atoms with Gasteiger partial charge in [0.05, 0.1) is 17.8 Å². The number of benzene rings is 2. The highest BCUT2D eigenvalue weighted by atomic mass is 35.5. The number of unbranched alkanes of at least 4 members (excludes halogenated alkanes) is 1. The average molecular weight is 627 g/mol. The number of amides is 2. The number of aryl methyl sites for hydroxylation is 1. The van der Waals surface area contributed by atoms with Gasteiger partial charge in [-0.3, -0.25) is 19.1 Å². The standard InChI is InChI=1S/C29H34ClF3N4O4S/c1-4-41-27(39)25(36(2)3)14-15-26(38)37-18-23(22-17-20(30)10-13-24(22)37)35-28(40)34-21-11-8-19(9-12-21)7-5-6-16-42-29(31,32)33/h8-13,17-18,25H,4-7,14-16H2,1-3H3,(H2,34,35,40). The molecule has 0 spiro atoms. The van der Waals surface area contributed by atoms with Gasteiger partial charge in [0.15, 0.2) is 0 Å². The predicted octanol–water partition coefficient (Wildman–Crippen LogP) is 7.43. The van der Waals surface area contributed by atoms with Gasteiger partial charge in [0.25, 0.3) is 0 Å². The van der Waals surface area contributed by atoms with Gasteiger partial charge in [0.2, 0.25) is 5.91 Å². The molecule has 0 fully saturated rings. The molecule has 1 atom stereocenters. The second-order valence-corrected chi connectivity index (χ2v) is 11.4. The molecule has 0 radical (unpaired) electrons. The van der Waals surface area contributed by atoms with Crippen LogP contribution in [0.4, 0.5) is 29.3 Å². The monoisotopic (exact) mass is 626 g/mol. The van der Waals surface area contributed by atoms with Crippen LogP contribution in [0.15, 0.2) is 48.7 Å². The number of rotatable bonds is 13. The van der Waals surface area contributed by atoms with E-state index in [1.807, 2.05) is 12.1 Å². The van der Waals surface area contributed by atoms with Crippen LogP contribution in [0.3, 0.4) is 0 Å². The van der Waals surface area contributed by atoms with E-state index >= 15 is 0 Å². The predicted molar refractivity (Wildman–Crippen MR) is 161 cm³/mol. The first-order chi connectivity index (χ1) is 19.9. The Morgan fingerprint density at radius 1 is 1.07 bits per heavy atom. The summed E-state index contributed by atoms with van der Waals surface area (Å²) in [5.41, 5.74) is -1.80. The van der Waals surface area contributed by atoms with Crippen molar-refractivity contribution >= 4 is 63.5 Å². The molecule has 13 heteroatoms. The van der Waals surface area contributed by atoms with Crippen molar-refractivity contribution in [3.63, 3.8) is 0 Å². The highest BCUT2D eigenvalue weighted by Crippen LogP contribution is 2.31. The Labute approximate surface area is 251 Å². The normalized spacial score (nSPS) is 12.4. The molecular formula is C29H34ClF3N4O4S. The fourth-order valence-electron chi connectivity index (χ4n) is 4.37. The van der Waals surface area contributed by atoms with Crippen molar-refractivity contribution in [2.24, 2.45) is 0 Å². The zero-order valence-corrected chi connectivity index (χ0v) is 25.2. The maximum atomic E-state index is 13.2. The zero-order valence-electron chi connectivity index (χ0n) is 23.6. The van der Waals surface area contributed by atoms with Gasteiger partial charge >= 0.3 is 17.5 Å². The third kappa shape index (κ3) is 9.95. The summed E-state index contributed by atoms with van der Waals surface area (Å²) in [6.07, 6.45) is 3.55. The minimum Gasteiger partial charge on any atom is -0.465 e. The number of aromatic nitrogens is 1. The molecule has 2 N–H and O–H groups in total. The van der Waals surface area contributed by atoms with Crippen molar-refractivity contribution in [3.05, 3.63) is 59.2 Å². The summed E-state index contributed by atoms with van der Waals surface area (Å²) in [5.74, 6) is -0.633. The second-order valence-electron chi connectivity index (χ2n) is 9.77. The number of anilines is 2. The zero-order chi connectivity index (χ0) is 30.9. The van der Waals surface area contributed by atoms with E-state index in [2.05, 4.69) is 10.6 Å². The summed E-state index contributed by atoms with van der Waals surface area (Å²) in [4.78, 5) is 40.0. The van der Waals surface area contributed by atoms with Gasteiger partial charge in [0, 0.05) is 34.5 Å². The molecule has 1 unspecified atom stereocenters. The van der Waals surface area contributed by atoms with Crippen LogP contribution in [0.1, 0.15) is 43.0 Å². The Hall–Kier alpha value is -3.22. The molecular weight excluding hydrogens is 593 g/mol. The van der Waals surface area contributed by atoms with Crippen LogP contribution in [0.2, 0.25) is 5.02 Å². The molecule has 2 amide bonds. The van der Waals surface area contributed by atoms with Gasteiger partial charge in [-0.1, -0.05) is 35.5 Å². The van der Waals surface area contributed by atoms with Crippen molar-refractivity contribution in [2.75, 3.05) is 37.1 Å². The number of thioether (sulfide) groups is 1. The third-order valence-corrected chi connectivity index (χ3v) is 7.49. The molecule has 0 bridgehead atoms. The fourth-order valence-corrected chi connectivity index (χ4v) is 5.12. The molecule has 0 saturated carbocycles. The summed E-state index contributed by atoms with van der Waals surface area (Å²) >= 11 is 6.20. The van der Waals surface area contributed by atoms with E-state index in [4.69, 9.17) is 16.3 Å². The number of alkyl halides is 3. The molecule has 1 aromatic heterocycles. The minimum absolute atomic E-state index is 0.0107. The average Bonchev–Trinajstić information content (AvgIpc) is 3.26. The largest absolute Gasteiger partial charge is 0.465 e. The van der Waals surface area contributed by atoms with E-state index in [-0.39, 0.29) is 42.9 Å². The molecule has 42 heavy (non-hydrogen) atoms. The van der Waals surface area contributed by atoms with Crippen LogP contribution in [0, 0.1) is 0 Å². The van der Waals surface area contributed by atoms with Crippen LogP contribution >= 0.6 is 23.4 Å². The topological polar surface area (TPSA) is 92.7 Å². The summed E-state index contributed by atoms with van der Waals surface area (Å²) in [6, 6.07) is 10.9. The lowest BCUT2D eigenvalue weighted by atomic mass is 10.1. The number of nitrogens with zero attached hydrogens (tertiary/aromatic N) is 2. The maximum Gasteiger partial charge on any atom is 0.441 e. The highest BCUT2D eigenvalue weighted by Gasteiger charge is 2.27. The second kappa shape index (κ2) is 15.3. The number of hydrogen-bond donors (Lipinski definition) is 2. The minimum atomic E-state index is -4.20. The SMILES string of the molecule is CCOC(=O)C(CCC(=O)n1cc(NC(=O)Nc2ccc(CCCCSC(F)(F)F)cc2)c2cc(Cl)ccc21)N(C)C. The van der Waals surface area contributed by atoms with Crippen molar-refractivity contribution in [1.29, 1.82) is 0 Å². The Morgan fingerprint density at radius 2 is 1.79 bits per heavy atom. The Bertz CT molecular complexity index is 1380. The Kier molecular flexibility index (Phi) is 12.1. The van der Waals surface area contributed by atoms with E-state index in [9.17, 15) is 27.6 Å². The summed E-state index contributed by atoms with van der Waals surface area (Å²) < 4.78 is 43.3. The van der Waals surface area contributed by atoms with Crippen molar-refractivity contribution in [2.45, 2.75) is 50.6 Å². The number of nitrogens with one attached hydrogen (secondary N) is 2. The molecule has 2 aromatic carbocycles. The van der Waals surface area contributed by atoms with Gasteiger partial charge in [0.1, 0.15) is 6.04 Å². The molecule has 1 heterocycles. The number of urea groups is 1. The van der Waals surface area contributed by atoms with Gasteiger partial charge in [-0.25, -0.2) is 4.79 Å². The van der Waals surface area contributed by atoms with Crippen LogP contribution in [-0.2, 0) is 16.0 Å². The Balaban J connectivity index is 1.63. The van der Waals surface area contributed by atoms with Crippen molar-refractivity contribution in [3.8, 4) is 0 Å². The Morgan fingerprint density at radius 3 is 2.43 bits per heavy atom. The fraction of sp³-hybridized carbons (Fsp3) is 0.414. The lowest BCUT2D eigenvalue weighted by Crippen LogP contribution is -2.37. The first-order valence-electron chi connectivity index (χ1n) is 13.4. The number of ether oxygens (including phenoxy) is 1. The molecule has 228 valence electrons. The van der Waals surface area contributed by atoms with Crippen LogP contribution < -0.4 is 10.6 Å². The number of esters is 1. The van der Waals surface area contributed by atoms with Crippen molar-refractivity contribution in [1.82, 2.24) is 9.47 Å². The summed E-state index contributed by atoms with van der Waals surface area (Å²) in [7, 11) is 3.49. The third-order valence-electron chi connectivity index (χ3n) is 6.43. The quantitative estimate of drug-likeness (QED) is 0.151. The number of carbonyl (C=O) groups is 3. The van der Waals surface area contributed by atoms with Crippen molar-refractivity contribution < 1.29 is 32.3 Å². The van der Waals surface area contributed by atoms with E-state index in [0.29, 0.717) is 46.6 Å². The molecule has 0 aliphatic carbocycles. The van der Waals surface area contributed by atoms with E-state index in [1.54, 1.807) is 56.3 Å². The molecule has 0 saturated heterocycles. The summed E-state index contributed by atoms with van der Waals surface area (Å²) in [6.45, 7) is 1.97. The van der Waals surface area contributed by atoms with Crippen LogP contribution in [0.25, 0.3) is 10.9 Å². The van der Waals surface area contributed by atoms with Gasteiger partial charge in [-0.2, -0.15) is 13.2 Å². The maximum absolute atomic E-state index is 13.2. The van der Waals surface area contributed by atoms with Gasteiger partial charge in [-0.15, -0.1) is 0 Å². The lowest BCUT2D eigenvalue weighted by Gasteiger charge is -2.22. The first kappa shape index (κ1) is 33.3. The molecule has 8 nitrogen and oxygen atoms in total. The van der Waals surface area contributed by atoms with Gasteiger partial charge < -0.3 is 15.4 Å². The molecule has 0 aliphatic rings. The van der Waals surface area contributed by atoms with E-state index in [0.717, 1.165) is 5.56 Å². The van der Waals surface area contributed by atoms with Crippen LogP contribution in [-0.4, -0.2) is 65.4 Å². The highest BCUT2D eigenvalue weighted by molar-refractivity contribution is 8.00.